The Balaban J connectivity index is 1.90. The molecule has 3 rings (SSSR count). The zero-order valence-electron chi connectivity index (χ0n) is 14.5. The Morgan fingerprint density at radius 2 is 1.96 bits per heavy atom. The molecule has 1 heterocycles. The molecule has 2 aromatic rings. The maximum absolute atomic E-state index is 12.9. The van der Waals surface area contributed by atoms with Crippen molar-refractivity contribution in [2.75, 3.05) is 17.8 Å². The number of amidine groups is 1. The summed E-state index contributed by atoms with van der Waals surface area (Å²) in [5.74, 6) is 0.709. The monoisotopic (exact) mass is 352 g/mol. The molecule has 25 heavy (non-hydrogen) atoms. The summed E-state index contributed by atoms with van der Waals surface area (Å²) in [4.78, 5) is 19.0. The molecule has 0 spiro atoms. The molecule has 2 aromatic carbocycles. The molecule has 0 atom stereocenters. The van der Waals surface area contributed by atoms with E-state index >= 15 is 0 Å². The van der Waals surface area contributed by atoms with Crippen molar-refractivity contribution in [3.05, 3.63) is 65.4 Å². The van der Waals surface area contributed by atoms with E-state index in [0.29, 0.717) is 17.5 Å². The van der Waals surface area contributed by atoms with E-state index in [9.17, 15) is 4.79 Å². The summed E-state index contributed by atoms with van der Waals surface area (Å²) in [6.45, 7) is 4.59. The molecule has 0 N–H and O–H groups in total. The molecule has 4 nitrogen and oxygen atoms in total. The van der Waals surface area contributed by atoms with Crippen LogP contribution in [-0.2, 0) is 4.79 Å². The first-order chi connectivity index (χ1) is 12.1. The molecule has 1 aliphatic heterocycles. The SMILES string of the molecule is CCOc1ccc(C=C2N=C(SC)N(c3cccc(C)c3)C2=O)cc1. The first kappa shape index (κ1) is 17.3. The Bertz CT molecular complexity index is 841. The molecule has 0 unspecified atom stereocenters. The van der Waals surface area contributed by atoms with E-state index in [-0.39, 0.29) is 5.91 Å². The molecule has 0 saturated carbocycles. The minimum Gasteiger partial charge on any atom is -0.494 e. The predicted molar refractivity (Wildman–Crippen MR) is 105 cm³/mol. The van der Waals surface area contributed by atoms with E-state index in [0.717, 1.165) is 22.6 Å². The lowest BCUT2D eigenvalue weighted by molar-refractivity contribution is -0.113. The van der Waals surface area contributed by atoms with E-state index in [2.05, 4.69) is 4.99 Å². The van der Waals surface area contributed by atoms with Gasteiger partial charge in [-0.15, -0.1) is 0 Å². The maximum atomic E-state index is 12.9. The van der Waals surface area contributed by atoms with Crippen molar-refractivity contribution >= 4 is 34.6 Å². The molecule has 1 aliphatic rings. The molecule has 1 amide bonds. The second-order valence-corrected chi connectivity index (χ2v) is 6.38. The van der Waals surface area contributed by atoms with Crippen LogP contribution in [-0.4, -0.2) is 23.9 Å². The van der Waals surface area contributed by atoms with Crippen LogP contribution in [0.25, 0.3) is 6.08 Å². The second kappa shape index (κ2) is 7.57. The lowest BCUT2D eigenvalue weighted by Gasteiger charge is -2.17. The Hall–Kier alpha value is -2.53. The van der Waals surface area contributed by atoms with Gasteiger partial charge in [-0.1, -0.05) is 36.0 Å². The standard InChI is InChI=1S/C20H20N2O2S/c1-4-24-17-10-8-15(9-11-17)13-18-19(23)22(20(21-18)25-3)16-7-5-6-14(2)12-16/h5-13H,4H2,1-3H3. The number of hydrogen-bond donors (Lipinski definition) is 0. The van der Waals surface area contributed by atoms with Gasteiger partial charge in [-0.3, -0.25) is 9.69 Å². The smallest absolute Gasteiger partial charge is 0.283 e. The van der Waals surface area contributed by atoms with Gasteiger partial charge in [-0.05, 0) is 61.6 Å². The van der Waals surface area contributed by atoms with Crippen LogP contribution in [0.3, 0.4) is 0 Å². The Morgan fingerprint density at radius 3 is 2.60 bits per heavy atom. The number of anilines is 1. The molecular weight excluding hydrogens is 332 g/mol. The fourth-order valence-electron chi connectivity index (χ4n) is 2.61. The van der Waals surface area contributed by atoms with Gasteiger partial charge in [0, 0.05) is 0 Å². The third-order valence-electron chi connectivity index (χ3n) is 3.77. The molecule has 0 aliphatic carbocycles. The summed E-state index contributed by atoms with van der Waals surface area (Å²) < 4.78 is 5.45. The minimum absolute atomic E-state index is 0.108. The third kappa shape index (κ3) is 3.77. The lowest BCUT2D eigenvalue weighted by atomic mass is 10.1. The topological polar surface area (TPSA) is 41.9 Å². The first-order valence-corrected chi connectivity index (χ1v) is 9.33. The largest absolute Gasteiger partial charge is 0.494 e. The molecule has 0 aromatic heterocycles. The number of amides is 1. The van der Waals surface area contributed by atoms with Crippen molar-refractivity contribution in [3.8, 4) is 5.75 Å². The number of aryl methyl sites for hydroxylation is 1. The van der Waals surface area contributed by atoms with Crippen molar-refractivity contribution in [3.63, 3.8) is 0 Å². The number of hydrogen-bond acceptors (Lipinski definition) is 4. The third-order valence-corrected chi connectivity index (χ3v) is 4.41. The van der Waals surface area contributed by atoms with Crippen LogP contribution in [0.2, 0.25) is 0 Å². The highest BCUT2D eigenvalue weighted by molar-refractivity contribution is 8.13. The fraction of sp³-hybridized carbons (Fsp3) is 0.200. The number of rotatable bonds is 4. The Kier molecular flexibility index (Phi) is 5.24. The van der Waals surface area contributed by atoms with Crippen LogP contribution in [0.15, 0.2) is 59.2 Å². The van der Waals surface area contributed by atoms with Gasteiger partial charge in [0.25, 0.3) is 5.91 Å². The molecule has 0 radical (unpaired) electrons. The van der Waals surface area contributed by atoms with Crippen molar-refractivity contribution in [2.45, 2.75) is 13.8 Å². The van der Waals surface area contributed by atoms with E-state index in [1.165, 1.54) is 11.8 Å². The Labute approximate surface area is 152 Å². The van der Waals surface area contributed by atoms with Crippen LogP contribution in [0.5, 0.6) is 5.75 Å². The summed E-state index contributed by atoms with van der Waals surface area (Å²) >= 11 is 1.46. The van der Waals surface area contributed by atoms with E-state index in [1.54, 1.807) is 4.90 Å². The number of thioether (sulfide) groups is 1. The van der Waals surface area contributed by atoms with Crippen LogP contribution >= 0.6 is 11.8 Å². The normalized spacial score (nSPS) is 15.6. The minimum atomic E-state index is -0.108. The van der Waals surface area contributed by atoms with Gasteiger partial charge in [-0.2, -0.15) is 0 Å². The molecule has 5 heteroatoms. The van der Waals surface area contributed by atoms with Crippen LogP contribution in [0.4, 0.5) is 5.69 Å². The van der Waals surface area contributed by atoms with Gasteiger partial charge >= 0.3 is 0 Å². The first-order valence-electron chi connectivity index (χ1n) is 8.10. The average Bonchev–Trinajstić information content (AvgIpc) is 2.92. The summed E-state index contributed by atoms with van der Waals surface area (Å²) in [5, 5.41) is 0.688. The highest BCUT2D eigenvalue weighted by Gasteiger charge is 2.31. The molecule has 0 saturated heterocycles. The van der Waals surface area contributed by atoms with Crippen molar-refractivity contribution in [1.29, 1.82) is 0 Å². The highest BCUT2D eigenvalue weighted by Crippen LogP contribution is 2.29. The van der Waals surface area contributed by atoms with Gasteiger partial charge in [0.05, 0.1) is 12.3 Å². The molecular formula is C20H20N2O2S. The number of benzene rings is 2. The van der Waals surface area contributed by atoms with Crippen molar-refractivity contribution < 1.29 is 9.53 Å². The molecule has 128 valence electrons. The number of carbonyl (C=O) groups is 1. The number of carbonyl (C=O) groups excluding carboxylic acids is 1. The van der Waals surface area contributed by atoms with Crippen LogP contribution in [0.1, 0.15) is 18.1 Å². The maximum Gasteiger partial charge on any atom is 0.283 e. The predicted octanol–water partition coefficient (Wildman–Crippen LogP) is 4.50. The van der Waals surface area contributed by atoms with Gasteiger partial charge < -0.3 is 4.74 Å². The molecule has 0 bridgehead atoms. The average molecular weight is 352 g/mol. The van der Waals surface area contributed by atoms with Gasteiger partial charge in [0.1, 0.15) is 11.4 Å². The highest BCUT2D eigenvalue weighted by atomic mass is 32.2. The molecule has 0 fully saturated rings. The lowest BCUT2D eigenvalue weighted by Crippen LogP contribution is -2.30. The zero-order chi connectivity index (χ0) is 17.8. The van der Waals surface area contributed by atoms with Gasteiger partial charge in [0.2, 0.25) is 0 Å². The summed E-state index contributed by atoms with van der Waals surface area (Å²) in [6, 6.07) is 15.5. The zero-order valence-corrected chi connectivity index (χ0v) is 15.3. The quantitative estimate of drug-likeness (QED) is 0.761. The van der Waals surface area contributed by atoms with E-state index < -0.39 is 0 Å². The number of aliphatic imine (C=N–C) groups is 1. The summed E-state index contributed by atoms with van der Waals surface area (Å²) in [7, 11) is 0. The van der Waals surface area contributed by atoms with Crippen molar-refractivity contribution in [1.82, 2.24) is 0 Å². The summed E-state index contributed by atoms with van der Waals surface area (Å²) in [5.41, 5.74) is 3.31. The number of nitrogens with zero attached hydrogens (tertiary/aromatic N) is 2. The summed E-state index contributed by atoms with van der Waals surface area (Å²) in [6.07, 6.45) is 3.73. The second-order valence-electron chi connectivity index (χ2n) is 5.61. The van der Waals surface area contributed by atoms with E-state index in [1.807, 2.05) is 74.7 Å². The van der Waals surface area contributed by atoms with Crippen LogP contribution < -0.4 is 9.64 Å². The van der Waals surface area contributed by atoms with Crippen LogP contribution in [0, 0.1) is 6.92 Å². The van der Waals surface area contributed by atoms with Gasteiger partial charge in [0.15, 0.2) is 5.17 Å². The Morgan fingerprint density at radius 1 is 1.20 bits per heavy atom. The van der Waals surface area contributed by atoms with Gasteiger partial charge in [-0.25, -0.2) is 4.99 Å². The van der Waals surface area contributed by atoms with E-state index in [4.69, 9.17) is 4.74 Å². The number of ether oxygens (including phenoxy) is 1. The van der Waals surface area contributed by atoms with Crippen molar-refractivity contribution in [2.24, 2.45) is 4.99 Å². The fourth-order valence-corrected chi connectivity index (χ4v) is 3.17.